The van der Waals surface area contributed by atoms with Crippen LogP contribution in [0.3, 0.4) is 0 Å². The maximum atomic E-state index is 12.5. The Morgan fingerprint density at radius 3 is 2.55 bits per heavy atom. The molecule has 1 aliphatic rings. The van der Waals surface area contributed by atoms with Crippen LogP contribution in [0.4, 0.5) is 0 Å². The number of carbonyl (C=O) groups is 1. The van der Waals surface area contributed by atoms with Gasteiger partial charge >= 0.3 is 0 Å². The molecule has 3 rings (SSSR count). The van der Waals surface area contributed by atoms with Crippen molar-refractivity contribution in [2.75, 3.05) is 0 Å². The lowest BCUT2D eigenvalue weighted by molar-refractivity contribution is 0.0862. The quantitative estimate of drug-likeness (QED) is 0.942. The van der Waals surface area contributed by atoms with Gasteiger partial charge in [0.2, 0.25) is 0 Å². The van der Waals surface area contributed by atoms with E-state index in [0.717, 1.165) is 32.1 Å². The summed E-state index contributed by atoms with van der Waals surface area (Å²) in [6.45, 7) is 0. The maximum absolute atomic E-state index is 12.5. The van der Waals surface area contributed by atoms with Crippen molar-refractivity contribution >= 4 is 5.91 Å². The van der Waals surface area contributed by atoms with Gasteiger partial charge in [0.25, 0.3) is 5.91 Å². The smallest absolute Gasteiger partial charge is 0.271 e. The van der Waals surface area contributed by atoms with Crippen LogP contribution in [0.5, 0.6) is 0 Å². The van der Waals surface area contributed by atoms with E-state index in [1.54, 1.807) is 12.4 Å². The molecule has 0 unspecified atom stereocenters. The van der Waals surface area contributed by atoms with Gasteiger partial charge in [-0.25, -0.2) is 4.98 Å². The van der Waals surface area contributed by atoms with Crippen LogP contribution >= 0.6 is 0 Å². The lowest BCUT2D eigenvalue weighted by Crippen LogP contribution is -2.51. The Morgan fingerprint density at radius 1 is 1.09 bits per heavy atom. The van der Waals surface area contributed by atoms with Gasteiger partial charge in [0.1, 0.15) is 5.69 Å². The monoisotopic (exact) mass is 295 g/mol. The average molecular weight is 295 g/mol. The van der Waals surface area contributed by atoms with Gasteiger partial charge in [-0.2, -0.15) is 0 Å². The van der Waals surface area contributed by atoms with E-state index in [2.05, 4.69) is 39.6 Å². The summed E-state index contributed by atoms with van der Waals surface area (Å²) in [5.41, 5.74) is 1.50. The number of amides is 1. The highest BCUT2D eigenvalue weighted by molar-refractivity contribution is 5.92. The Kier molecular flexibility index (Phi) is 4.47. The van der Waals surface area contributed by atoms with Crippen LogP contribution in [0, 0.1) is 0 Å². The highest BCUT2D eigenvalue weighted by Gasteiger charge is 2.34. The van der Waals surface area contributed by atoms with Gasteiger partial charge in [0.15, 0.2) is 0 Å². The Labute approximate surface area is 131 Å². The van der Waals surface area contributed by atoms with Crippen LogP contribution in [0.1, 0.15) is 48.2 Å². The summed E-state index contributed by atoms with van der Waals surface area (Å²) in [6.07, 6.45) is 11.1. The Balaban J connectivity index is 1.79. The number of rotatable bonds is 4. The summed E-state index contributed by atoms with van der Waals surface area (Å²) in [5, 5.41) is 3.26. The van der Waals surface area contributed by atoms with Gasteiger partial charge < -0.3 is 5.32 Å². The molecule has 114 valence electrons. The van der Waals surface area contributed by atoms with Crippen molar-refractivity contribution in [3.63, 3.8) is 0 Å². The zero-order valence-corrected chi connectivity index (χ0v) is 12.7. The first-order chi connectivity index (χ1) is 10.8. The van der Waals surface area contributed by atoms with Gasteiger partial charge in [-0.05, 0) is 24.8 Å². The lowest BCUT2D eigenvalue weighted by atomic mass is 9.77. The Morgan fingerprint density at radius 2 is 1.86 bits per heavy atom. The maximum Gasteiger partial charge on any atom is 0.271 e. The summed E-state index contributed by atoms with van der Waals surface area (Å²) in [4.78, 5) is 20.6. The second-order valence-electron chi connectivity index (χ2n) is 6.05. The van der Waals surface area contributed by atoms with Crippen molar-refractivity contribution in [3.05, 3.63) is 60.2 Å². The van der Waals surface area contributed by atoms with Crippen molar-refractivity contribution in [1.29, 1.82) is 0 Å². The molecule has 1 heterocycles. The molecule has 1 fully saturated rings. The SMILES string of the molecule is O=C(NC1(Cc2ccccc2)CCCCC1)c1cnccn1. The molecule has 1 aliphatic carbocycles. The van der Waals surface area contributed by atoms with Crippen LogP contribution in [-0.2, 0) is 6.42 Å². The van der Waals surface area contributed by atoms with Crippen LogP contribution < -0.4 is 5.32 Å². The molecule has 0 radical (unpaired) electrons. The average Bonchev–Trinajstić information content (AvgIpc) is 2.57. The molecule has 0 aliphatic heterocycles. The third-order valence-electron chi connectivity index (χ3n) is 4.37. The summed E-state index contributed by atoms with van der Waals surface area (Å²) in [6, 6.07) is 10.4. The number of nitrogens with one attached hydrogen (secondary N) is 1. The molecule has 0 bridgehead atoms. The zero-order chi connectivity index (χ0) is 15.3. The summed E-state index contributed by atoms with van der Waals surface area (Å²) in [5.74, 6) is -0.120. The summed E-state index contributed by atoms with van der Waals surface area (Å²) in [7, 11) is 0. The summed E-state index contributed by atoms with van der Waals surface area (Å²) < 4.78 is 0. The van der Waals surface area contributed by atoms with E-state index in [1.165, 1.54) is 18.2 Å². The molecule has 0 spiro atoms. The van der Waals surface area contributed by atoms with E-state index in [9.17, 15) is 4.79 Å². The minimum absolute atomic E-state index is 0.120. The molecule has 2 aromatic rings. The third kappa shape index (κ3) is 3.50. The fourth-order valence-electron chi connectivity index (χ4n) is 3.28. The van der Waals surface area contributed by atoms with Gasteiger partial charge in [-0.3, -0.25) is 9.78 Å². The van der Waals surface area contributed by atoms with Gasteiger partial charge in [-0.1, -0.05) is 49.6 Å². The van der Waals surface area contributed by atoms with Gasteiger partial charge in [-0.15, -0.1) is 0 Å². The van der Waals surface area contributed by atoms with Gasteiger partial charge in [0.05, 0.1) is 6.20 Å². The molecule has 1 saturated carbocycles. The summed E-state index contributed by atoms with van der Waals surface area (Å²) >= 11 is 0. The fraction of sp³-hybridized carbons (Fsp3) is 0.389. The Hall–Kier alpha value is -2.23. The van der Waals surface area contributed by atoms with E-state index >= 15 is 0 Å². The van der Waals surface area contributed by atoms with E-state index in [4.69, 9.17) is 0 Å². The normalized spacial score (nSPS) is 16.9. The van der Waals surface area contributed by atoms with E-state index in [0.29, 0.717) is 5.69 Å². The van der Waals surface area contributed by atoms with Crippen LogP contribution in [0.25, 0.3) is 0 Å². The molecule has 1 N–H and O–H groups in total. The second-order valence-corrected chi connectivity index (χ2v) is 6.05. The van der Waals surface area contributed by atoms with Crippen molar-refractivity contribution < 1.29 is 4.79 Å². The molecule has 4 heteroatoms. The number of benzene rings is 1. The predicted molar refractivity (Wildman–Crippen MR) is 85.5 cm³/mol. The standard InChI is InChI=1S/C18H21N3O/c22-17(16-14-19-11-12-20-16)21-18(9-5-2-6-10-18)13-15-7-3-1-4-8-15/h1,3-4,7-8,11-12,14H,2,5-6,9-10,13H2,(H,21,22). The molecule has 1 aromatic heterocycles. The lowest BCUT2D eigenvalue weighted by Gasteiger charge is -2.38. The van der Waals surface area contributed by atoms with Crippen molar-refractivity contribution in [2.45, 2.75) is 44.1 Å². The molecule has 0 saturated heterocycles. The van der Waals surface area contributed by atoms with Crippen molar-refractivity contribution in [3.8, 4) is 0 Å². The van der Waals surface area contributed by atoms with Crippen molar-refractivity contribution in [2.24, 2.45) is 0 Å². The number of hydrogen-bond donors (Lipinski definition) is 1. The minimum Gasteiger partial charge on any atom is -0.345 e. The first-order valence-corrected chi connectivity index (χ1v) is 7.90. The van der Waals surface area contributed by atoms with E-state index in [1.807, 2.05) is 6.07 Å². The van der Waals surface area contributed by atoms with Crippen LogP contribution in [0.15, 0.2) is 48.9 Å². The van der Waals surface area contributed by atoms with Crippen LogP contribution in [0.2, 0.25) is 0 Å². The Bertz CT molecular complexity index is 607. The molecule has 1 amide bonds. The first-order valence-electron chi connectivity index (χ1n) is 7.90. The molecule has 22 heavy (non-hydrogen) atoms. The second kappa shape index (κ2) is 6.69. The van der Waals surface area contributed by atoms with E-state index in [-0.39, 0.29) is 11.4 Å². The number of nitrogens with zero attached hydrogens (tertiary/aromatic N) is 2. The highest BCUT2D eigenvalue weighted by Crippen LogP contribution is 2.31. The zero-order valence-electron chi connectivity index (χ0n) is 12.7. The van der Waals surface area contributed by atoms with E-state index < -0.39 is 0 Å². The van der Waals surface area contributed by atoms with Crippen LogP contribution in [-0.4, -0.2) is 21.4 Å². The molecule has 0 atom stereocenters. The topological polar surface area (TPSA) is 54.9 Å². The third-order valence-corrected chi connectivity index (χ3v) is 4.37. The highest BCUT2D eigenvalue weighted by atomic mass is 16.2. The molecular formula is C18H21N3O. The number of aromatic nitrogens is 2. The first kappa shape index (κ1) is 14.7. The fourth-order valence-corrected chi connectivity index (χ4v) is 3.28. The van der Waals surface area contributed by atoms with Crippen molar-refractivity contribution in [1.82, 2.24) is 15.3 Å². The molecular weight excluding hydrogens is 274 g/mol. The van der Waals surface area contributed by atoms with Gasteiger partial charge in [0, 0.05) is 17.9 Å². The molecule has 1 aromatic carbocycles. The largest absolute Gasteiger partial charge is 0.345 e. The number of carbonyl (C=O) groups excluding carboxylic acids is 1. The molecule has 4 nitrogen and oxygen atoms in total. The predicted octanol–water partition coefficient (Wildman–Crippen LogP) is 3.15. The minimum atomic E-state index is -0.159. The number of hydrogen-bond acceptors (Lipinski definition) is 3.